The van der Waals surface area contributed by atoms with Gasteiger partial charge in [0, 0.05) is 11.9 Å². The quantitative estimate of drug-likeness (QED) is 0.874. The van der Waals surface area contributed by atoms with Crippen molar-refractivity contribution in [1.29, 1.82) is 0 Å². The molecule has 0 spiro atoms. The molecule has 0 saturated heterocycles. The van der Waals surface area contributed by atoms with Crippen LogP contribution in [0.5, 0.6) is 0 Å². The summed E-state index contributed by atoms with van der Waals surface area (Å²) in [4.78, 5) is 0. The van der Waals surface area contributed by atoms with Crippen molar-refractivity contribution >= 4 is 16.6 Å². The molecule has 2 aromatic rings. The summed E-state index contributed by atoms with van der Waals surface area (Å²) in [6.45, 7) is 3.38. The maximum absolute atomic E-state index is 4.13. The monoisotopic (exact) mass is 227 g/mol. The summed E-state index contributed by atoms with van der Waals surface area (Å²) >= 11 is 0. The Morgan fingerprint density at radius 1 is 1.29 bits per heavy atom. The zero-order chi connectivity index (χ0) is 11.7. The molecule has 1 aromatic heterocycles. The number of nitrogens with one attached hydrogen (secondary N) is 1. The molecule has 1 saturated carbocycles. The van der Waals surface area contributed by atoms with Gasteiger partial charge in [-0.1, -0.05) is 31.5 Å². The molecule has 0 aliphatic heterocycles. The number of hydrogen-bond donors (Lipinski definition) is 1. The molecule has 3 heteroatoms. The largest absolute Gasteiger partial charge is 0.383 e. The van der Waals surface area contributed by atoms with Crippen molar-refractivity contribution in [3.63, 3.8) is 0 Å². The summed E-state index contributed by atoms with van der Waals surface area (Å²) in [5.41, 5.74) is 2.53. The highest BCUT2D eigenvalue weighted by Gasteiger charge is 2.31. The zero-order valence-corrected chi connectivity index (χ0v) is 10.1. The Balaban J connectivity index is 1.85. The first-order valence-electron chi connectivity index (χ1n) is 6.21. The Hall–Kier alpha value is -1.64. The van der Waals surface area contributed by atoms with E-state index in [2.05, 4.69) is 28.5 Å². The molecule has 88 valence electrons. The average molecular weight is 227 g/mol. The average Bonchev–Trinajstić information content (AvgIpc) is 2.34. The van der Waals surface area contributed by atoms with Crippen molar-refractivity contribution in [3.05, 3.63) is 30.5 Å². The predicted octanol–water partition coefficient (Wildman–Crippen LogP) is 3.23. The molecule has 1 aromatic carbocycles. The van der Waals surface area contributed by atoms with E-state index in [4.69, 9.17) is 0 Å². The van der Waals surface area contributed by atoms with E-state index < -0.39 is 0 Å². The van der Waals surface area contributed by atoms with Crippen LogP contribution in [0.4, 0.5) is 5.69 Å². The fourth-order valence-electron chi connectivity index (χ4n) is 2.41. The van der Waals surface area contributed by atoms with Crippen molar-refractivity contribution in [2.45, 2.75) is 26.2 Å². The molecule has 0 unspecified atom stereocenters. The third-order valence-corrected chi connectivity index (χ3v) is 3.81. The Morgan fingerprint density at radius 3 is 2.88 bits per heavy atom. The van der Waals surface area contributed by atoms with Crippen LogP contribution >= 0.6 is 0 Å². The number of hydrogen-bond acceptors (Lipinski definition) is 3. The van der Waals surface area contributed by atoms with Crippen molar-refractivity contribution in [3.8, 4) is 0 Å². The van der Waals surface area contributed by atoms with Gasteiger partial charge in [0.05, 0.1) is 17.4 Å². The lowest BCUT2D eigenvalue weighted by Crippen LogP contribution is -2.33. The highest BCUT2D eigenvalue weighted by Crippen LogP contribution is 2.40. The normalized spacial score (nSPS) is 17.7. The van der Waals surface area contributed by atoms with Crippen LogP contribution in [0, 0.1) is 5.41 Å². The van der Waals surface area contributed by atoms with Crippen LogP contribution in [0.25, 0.3) is 10.9 Å². The van der Waals surface area contributed by atoms with Gasteiger partial charge in [-0.2, -0.15) is 10.2 Å². The summed E-state index contributed by atoms with van der Waals surface area (Å²) in [6.07, 6.45) is 5.85. The van der Waals surface area contributed by atoms with Gasteiger partial charge in [0.15, 0.2) is 0 Å². The fourth-order valence-corrected chi connectivity index (χ4v) is 2.41. The van der Waals surface area contributed by atoms with E-state index in [1.165, 1.54) is 19.3 Å². The smallest absolute Gasteiger partial charge is 0.0950 e. The van der Waals surface area contributed by atoms with Crippen LogP contribution < -0.4 is 5.32 Å². The van der Waals surface area contributed by atoms with Crippen molar-refractivity contribution < 1.29 is 0 Å². The molecule has 3 rings (SSSR count). The van der Waals surface area contributed by atoms with Gasteiger partial charge in [0.2, 0.25) is 0 Å². The van der Waals surface area contributed by atoms with Crippen molar-refractivity contribution in [2.75, 3.05) is 11.9 Å². The van der Waals surface area contributed by atoms with Crippen LogP contribution in [0.1, 0.15) is 26.2 Å². The van der Waals surface area contributed by atoms with Crippen LogP contribution in [-0.2, 0) is 0 Å². The third kappa shape index (κ3) is 1.97. The molecular formula is C14H17N3. The molecule has 0 radical (unpaired) electrons. The van der Waals surface area contributed by atoms with Gasteiger partial charge in [0.1, 0.15) is 0 Å². The van der Waals surface area contributed by atoms with E-state index in [1.807, 2.05) is 24.4 Å². The van der Waals surface area contributed by atoms with Crippen LogP contribution in [0.15, 0.2) is 30.5 Å². The number of nitrogens with zero attached hydrogens (tertiary/aromatic N) is 2. The lowest BCUT2D eigenvalue weighted by atomic mass is 9.70. The molecule has 1 aliphatic rings. The lowest BCUT2D eigenvalue weighted by molar-refractivity contribution is 0.180. The van der Waals surface area contributed by atoms with Gasteiger partial charge in [0.25, 0.3) is 0 Å². The first-order chi connectivity index (χ1) is 8.27. The molecule has 1 heterocycles. The van der Waals surface area contributed by atoms with E-state index in [9.17, 15) is 0 Å². The van der Waals surface area contributed by atoms with Crippen molar-refractivity contribution in [1.82, 2.24) is 10.2 Å². The van der Waals surface area contributed by atoms with Crippen LogP contribution in [-0.4, -0.2) is 16.7 Å². The maximum Gasteiger partial charge on any atom is 0.0950 e. The number of aromatic nitrogens is 2. The SMILES string of the molecule is CC1(CNc2cnnc3ccccc23)CCC1. The fraction of sp³-hybridized carbons (Fsp3) is 0.429. The van der Waals surface area contributed by atoms with Gasteiger partial charge in [-0.3, -0.25) is 0 Å². The summed E-state index contributed by atoms with van der Waals surface area (Å²) in [6, 6.07) is 8.13. The third-order valence-electron chi connectivity index (χ3n) is 3.81. The Morgan fingerprint density at radius 2 is 2.12 bits per heavy atom. The van der Waals surface area contributed by atoms with E-state index >= 15 is 0 Å². The molecule has 17 heavy (non-hydrogen) atoms. The summed E-state index contributed by atoms with van der Waals surface area (Å²) in [5.74, 6) is 0. The van der Waals surface area contributed by atoms with Gasteiger partial charge in [-0.15, -0.1) is 0 Å². The Kier molecular flexibility index (Phi) is 2.46. The highest BCUT2D eigenvalue weighted by atomic mass is 15.1. The maximum atomic E-state index is 4.13. The molecule has 1 N–H and O–H groups in total. The topological polar surface area (TPSA) is 37.8 Å². The van der Waals surface area contributed by atoms with Crippen molar-refractivity contribution in [2.24, 2.45) is 5.41 Å². The van der Waals surface area contributed by atoms with Crippen LogP contribution in [0.3, 0.4) is 0 Å². The molecule has 1 fully saturated rings. The van der Waals surface area contributed by atoms with E-state index in [1.54, 1.807) is 0 Å². The standard InChI is InChI=1S/C14H17N3/c1-14(7-4-8-14)10-15-13-9-16-17-12-6-3-2-5-11(12)13/h2-3,5-6,9H,4,7-8,10H2,1H3,(H,15,17). The number of rotatable bonds is 3. The Labute approximate surface area is 101 Å². The second-order valence-electron chi connectivity index (χ2n) is 5.29. The van der Waals surface area contributed by atoms with Gasteiger partial charge < -0.3 is 5.32 Å². The molecule has 0 bridgehead atoms. The van der Waals surface area contributed by atoms with E-state index in [0.29, 0.717) is 5.41 Å². The highest BCUT2D eigenvalue weighted by molar-refractivity contribution is 5.90. The molecule has 0 amide bonds. The first kappa shape index (κ1) is 10.5. The summed E-state index contributed by atoms with van der Waals surface area (Å²) in [5, 5.41) is 12.9. The molecule has 1 aliphatic carbocycles. The summed E-state index contributed by atoms with van der Waals surface area (Å²) in [7, 11) is 0. The number of benzene rings is 1. The Bertz CT molecular complexity index is 526. The molecule has 3 nitrogen and oxygen atoms in total. The number of fused-ring (bicyclic) bond motifs is 1. The summed E-state index contributed by atoms with van der Waals surface area (Å²) < 4.78 is 0. The van der Waals surface area contributed by atoms with Gasteiger partial charge in [-0.25, -0.2) is 0 Å². The minimum absolute atomic E-state index is 0.477. The van der Waals surface area contributed by atoms with E-state index in [0.717, 1.165) is 23.1 Å². The van der Waals surface area contributed by atoms with Gasteiger partial charge >= 0.3 is 0 Å². The second kappa shape index (κ2) is 3.99. The molecule has 0 atom stereocenters. The first-order valence-corrected chi connectivity index (χ1v) is 6.21. The second-order valence-corrected chi connectivity index (χ2v) is 5.29. The zero-order valence-electron chi connectivity index (χ0n) is 10.1. The number of anilines is 1. The predicted molar refractivity (Wildman–Crippen MR) is 70.0 cm³/mol. The van der Waals surface area contributed by atoms with Crippen LogP contribution in [0.2, 0.25) is 0 Å². The van der Waals surface area contributed by atoms with E-state index in [-0.39, 0.29) is 0 Å². The molecular weight excluding hydrogens is 210 g/mol. The minimum atomic E-state index is 0.477. The lowest BCUT2D eigenvalue weighted by Gasteiger charge is -2.38. The minimum Gasteiger partial charge on any atom is -0.383 e. The van der Waals surface area contributed by atoms with Gasteiger partial charge in [-0.05, 0) is 24.3 Å².